The standard InChI is InChI=1S/C14H20N2O/c1-3-12(10-7-8-10)16-13-6-4-5-11(9(13)2)14(15)17/h4-6,10,12,16H,3,7-8H2,1-2H3,(H2,15,17). The lowest BCUT2D eigenvalue weighted by molar-refractivity contribution is 0.1000. The molecule has 0 bridgehead atoms. The number of nitrogens with one attached hydrogen (secondary N) is 1. The van der Waals surface area contributed by atoms with Crippen LogP contribution < -0.4 is 11.1 Å². The zero-order valence-electron chi connectivity index (χ0n) is 10.5. The van der Waals surface area contributed by atoms with E-state index in [1.165, 1.54) is 12.8 Å². The maximum Gasteiger partial charge on any atom is 0.249 e. The maximum absolute atomic E-state index is 11.3. The van der Waals surface area contributed by atoms with Gasteiger partial charge in [-0.25, -0.2) is 0 Å². The molecule has 92 valence electrons. The van der Waals surface area contributed by atoms with Gasteiger partial charge >= 0.3 is 0 Å². The van der Waals surface area contributed by atoms with Crippen molar-refractivity contribution in [2.24, 2.45) is 11.7 Å². The van der Waals surface area contributed by atoms with Crippen LogP contribution in [0.15, 0.2) is 18.2 Å². The van der Waals surface area contributed by atoms with Crippen molar-refractivity contribution in [2.45, 2.75) is 39.2 Å². The van der Waals surface area contributed by atoms with E-state index < -0.39 is 0 Å². The highest BCUT2D eigenvalue weighted by molar-refractivity contribution is 5.95. The molecule has 2 rings (SSSR count). The summed E-state index contributed by atoms with van der Waals surface area (Å²) in [6.45, 7) is 4.14. The van der Waals surface area contributed by atoms with Gasteiger partial charge in [0.2, 0.25) is 5.91 Å². The monoisotopic (exact) mass is 232 g/mol. The Labute approximate surface area is 102 Å². The molecule has 1 aromatic rings. The molecule has 1 atom stereocenters. The summed E-state index contributed by atoms with van der Waals surface area (Å²) in [5, 5.41) is 3.55. The summed E-state index contributed by atoms with van der Waals surface area (Å²) >= 11 is 0. The zero-order valence-corrected chi connectivity index (χ0v) is 10.5. The second kappa shape index (κ2) is 4.78. The van der Waals surface area contributed by atoms with Crippen LogP contribution in [0.3, 0.4) is 0 Å². The van der Waals surface area contributed by atoms with E-state index in [-0.39, 0.29) is 5.91 Å². The number of hydrogen-bond acceptors (Lipinski definition) is 2. The number of amides is 1. The van der Waals surface area contributed by atoms with E-state index >= 15 is 0 Å². The van der Waals surface area contributed by atoms with Gasteiger partial charge in [-0.2, -0.15) is 0 Å². The highest BCUT2D eigenvalue weighted by Gasteiger charge is 2.30. The van der Waals surface area contributed by atoms with Gasteiger partial charge in [0.25, 0.3) is 0 Å². The lowest BCUT2D eigenvalue weighted by atomic mass is 10.0. The van der Waals surface area contributed by atoms with Gasteiger partial charge in [-0.3, -0.25) is 4.79 Å². The van der Waals surface area contributed by atoms with Crippen LogP contribution >= 0.6 is 0 Å². The van der Waals surface area contributed by atoms with Crippen molar-refractivity contribution in [3.8, 4) is 0 Å². The van der Waals surface area contributed by atoms with Gasteiger partial charge in [-0.15, -0.1) is 0 Å². The Kier molecular flexibility index (Phi) is 3.36. The molecule has 0 spiro atoms. The molecule has 0 aliphatic heterocycles. The Morgan fingerprint density at radius 2 is 2.24 bits per heavy atom. The predicted octanol–water partition coefficient (Wildman–Crippen LogP) is 2.69. The highest BCUT2D eigenvalue weighted by Crippen LogP contribution is 2.36. The topological polar surface area (TPSA) is 55.1 Å². The SMILES string of the molecule is CCC(Nc1cccc(C(N)=O)c1C)C1CC1. The molecule has 3 N–H and O–H groups in total. The molecule has 1 saturated carbocycles. The Bertz CT molecular complexity index is 424. The van der Waals surface area contributed by atoms with Gasteiger partial charge < -0.3 is 11.1 Å². The lowest BCUT2D eigenvalue weighted by Gasteiger charge is -2.20. The third kappa shape index (κ3) is 2.60. The Hall–Kier alpha value is -1.51. The number of anilines is 1. The summed E-state index contributed by atoms with van der Waals surface area (Å²) in [7, 11) is 0. The molecule has 0 aromatic heterocycles. The number of hydrogen-bond donors (Lipinski definition) is 2. The van der Waals surface area contributed by atoms with Crippen molar-refractivity contribution in [3.63, 3.8) is 0 Å². The number of rotatable bonds is 5. The maximum atomic E-state index is 11.3. The number of primary amides is 1. The van der Waals surface area contributed by atoms with Crippen LogP contribution in [0.2, 0.25) is 0 Å². The number of nitrogens with two attached hydrogens (primary N) is 1. The van der Waals surface area contributed by atoms with E-state index in [0.717, 1.165) is 23.6 Å². The fraction of sp³-hybridized carbons (Fsp3) is 0.500. The van der Waals surface area contributed by atoms with Crippen molar-refractivity contribution in [2.75, 3.05) is 5.32 Å². The minimum atomic E-state index is -0.356. The fourth-order valence-corrected chi connectivity index (χ4v) is 2.31. The molecule has 1 aliphatic rings. The van der Waals surface area contributed by atoms with Gasteiger partial charge in [0, 0.05) is 17.3 Å². The summed E-state index contributed by atoms with van der Waals surface area (Å²) in [6, 6.07) is 6.21. The van der Waals surface area contributed by atoms with E-state index in [9.17, 15) is 4.79 Å². The minimum absolute atomic E-state index is 0.356. The molecule has 1 aromatic carbocycles. The summed E-state index contributed by atoms with van der Waals surface area (Å²) in [5.41, 5.74) is 7.96. The average Bonchev–Trinajstić information content (AvgIpc) is 3.11. The van der Waals surface area contributed by atoms with Crippen molar-refractivity contribution < 1.29 is 4.79 Å². The number of carbonyl (C=O) groups excluding carboxylic acids is 1. The molecule has 1 unspecified atom stereocenters. The second-order valence-corrected chi connectivity index (χ2v) is 4.84. The molecule has 0 heterocycles. The first kappa shape index (κ1) is 12.0. The van der Waals surface area contributed by atoms with E-state index in [1.54, 1.807) is 6.07 Å². The van der Waals surface area contributed by atoms with Crippen LogP contribution in [0.4, 0.5) is 5.69 Å². The first-order valence-electron chi connectivity index (χ1n) is 6.29. The van der Waals surface area contributed by atoms with Crippen molar-refractivity contribution in [3.05, 3.63) is 29.3 Å². The van der Waals surface area contributed by atoms with Gasteiger partial charge in [-0.1, -0.05) is 13.0 Å². The molecular formula is C14H20N2O. The van der Waals surface area contributed by atoms with E-state index in [2.05, 4.69) is 12.2 Å². The Morgan fingerprint density at radius 3 is 2.76 bits per heavy atom. The van der Waals surface area contributed by atoms with Crippen molar-refractivity contribution >= 4 is 11.6 Å². The quantitative estimate of drug-likeness (QED) is 0.820. The van der Waals surface area contributed by atoms with E-state index in [4.69, 9.17) is 5.73 Å². The fourth-order valence-electron chi connectivity index (χ4n) is 2.31. The predicted molar refractivity (Wildman–Crippen MR) is 70.1 cm³/mol. The smallest absolute Gasteiger partial charge is 0.249 e. The molecule has 1 fully saturated rings. The zero-order chi connectivity index (χ0) is 12.4. The molecule has 0 saturated heterocycles. The molecule has 1 amide bonds. The van der Waals surface area contributed by atoms with Crippen molar-refractivity contribution in [1.29, 1.82) is 0 Å². The second-order valence-electron chi connectivity index (χ2n) is 4.84. The Balaban J connectivity index is 2.20. The number of carbonyl (C=O) groups is 1. The lowest BCUT2D eigenvalue weighted by Crippen LogP contribution is -2.22. The van der Waals surface area contributed by atoms with Crippen LogP contribution in [0.25, 0.3) is 0 Å². The number of benzene rings is 1. The minimum Gasteiger partial charge on any atom is -0.382 e. The van der Waals surface area contributed by atoms with Gasteiger partial charge in [0.1, 0.15) is 0 Å². The van der Waals surface area contributed by atoms with Gasteiger partial charge in [0.15, 0.2) is 0 Å². The molecule has 1 aliphatic carbocycles. The average molecular weight is 232 g/mol. The summed E-state index contributed by atoms with van der Waals surface area (Å²) in [5.74, 6) is 0.447. The van der Waals surface area contributed by atoms with E-state index in [0.29, 0.717) is 11.6 Å². The third-order valence-corrected chi connectivity index (χ3v) is 3.57. The third-order valence-electron chi connectivity index (χ3n) is 3.57. The normalized spacial score (nSPS) is 16.6. The van der Waals surface area contributed by atoms with Gasteiger partial charge in [-0.05, 0) is 49.8 Å². The van der Waals surface area contributed by atoms with Gasteiger partial charge in [0.05, 0.1) is 0 Å². The molecule has 3 heteroatoms. The largest absolute Gasteiger partial charge is 0.382 e. The summed E-state index contributed by atoms with van der Waals surface area (Å²) in [6.07, 6.45) is 3.75. The Morgan fingerprint density at radius 1 is 1.53 bits per heavy atom. The first-order chi connectivity index (χ1) is 8.13. The van der Waals surface area contributed by atoms with Crippen LogP contribution in [0.1, 0.15) is 42.1 Å². The summed E-state index contributed by atoms with van der Waals surface area (Å²) < 4.78 is 0. The van der Waals surface area contributed by atoms with Crippen LogP contribution in [0, 0.1) is 12.8 Å². The van der Waals surface area contributed by atoms with Crippen molar-refractivity contribution in [1.82, 2.24) is 0 Å². The highest BCUT2D eigenvalue weighted by atomic mass is 16.1. The van der Waals surface area contributed by atoms with E-state index in [1.807, 2.05) is 19.1 Å². The van der Waals surface area contributed by atoms with Crippen LogP contribution in [-0.2, 0) is 0 Å². The van der Waals surface area contributed by atoms with Crippen LogP contribution in [-0.4, -0.2) is 11.9 Å². The molecule has 17 heavy (non-hydrogen) atoms. The molecule has 3 nitrogen and oxygen atoms in total. The molecule has 0 radical (unpaired) electrons. The summed E-state index contributed by atoms with van der Waals surface area (Å²) in [4.78, 5) is 11.3. The first-order valence-corrected chi connectivity index (χ1v) is 6.29. The molecular weight excluding hydrogens is 212 g/mol. The van der Waals surface area contributed by atoms with Crippen LogP contribution in [0.5, 0.6) is 0 Å².